The number of carbonyl (C=O) groups excluding carboxylic acids is 1. The Morgan fingerprint density at radius 2 is 2.39 bits per heavy atom. The highest BCUT2D eigenvalue weighted by atomic mass is 16.5. The van der Waals surface area contributed by atoms with Crippen LogP contribution in [0, 0.1) is 0 Å². The number of amides is 1. The van der Waals surface area contributed by atoms with E-state index >= 15 is 0 Å². The Morgan fingerprint density at radius 1 is 1.50 bits per heavy atom. The number of nitrogens with zero attached hydrogens (tertiary/aromatic N) is 1. The Bertz CT molecular complexity index is 261. The fourth-order valence-electron chi connectivity index (χ4n) is 2.72. The first kappa shape index (κ1) is 13.8. The van der Waals surface area contributed by atoms with Crippen LogP contribution in [-0.4, -0.2) is 62.3 Å². The predicted molar refractivity (Wildman–Crippen MR) is 70.5 cm³/mol. The lowest BCUT2D eigenvalue weighted by molar-refractivity contribution is -0.123. The Morgan fingerprint density at radius 3 is 3.00 bits per heavy atom. The molecule has 1 amide bonds. The van der Waals surface area contributed by atoms with Crippen molar-refractivity contribution in [3.63, 3.8) is 0 Å². The number of carbonyl (C=O) groups is 1. The molecule has 2 unspecified atom stereocenters. The van der Waals surface area contributed by atoms with E-state index in [-0.39, 0.29) is 12.0 Å². The fraction of sp³-hybridized carbons (Fsp3) is 0.923. The van der Waals surface area contributed by atoms with Gasteiger partial charge in [0.15, 0.2) is 0 Å². The van der Waals surface area contributed by atoms with Gasteiger partial charge in [-0.3, -0.25) is 9.69 Å². The first-order valence-corrected chi connectivity index (χ1v) is 7.12. The van der Waals surface area contributed by atoms with E-state index in [0.717, 1.165) is 45.5 Å². The smallest absolute Gasteiger partial charge is 0.234 e. The third kappa shape index (κ3) is 3.93. The van der Waals surface area contributed by atoms with E-state index < -0.39 is 0 Å². The van der Waals surface area contributed by atoms with Crippen molar-refractivity contribution in [2.45, 2.75) is 38.3 Å². The molecule has 0 radical (unpaired) electrons. The summed E-state index contributed by atoms with van der Waals surface area (Å²) in [4.78, 5) is 14.2. The van der Waals surface area contributed by atoms with Gasteiger partial charge in [0.2, 0.25) is 5.91 Å². The predicted octanol–water partition coefficient (Wildman–Crippen LogP) is -0.0346. The van der Waals surface area contributed by atoms with Gasteiger partial charge in [-0.05, 0) is 32.4 Å². The van der Waals surface area contributed by atoms with Gasteiger partial charge in [0.25, 0.3) is 0 Å². The standard InChI is InChI=1S/C13H25N3O2/c1-2-16(11-5-6-14-8-11)10-13(17)15-9-12-4-3-7-18-12/h11-12,14H,2-10H2,1H3,(H,15,17). The number of likely N-dealkylation sites (N-methyl/N-ethyl adjacent to an activating group) is 1. The van der Waals surface area contributed by atoms with Crippen LogP contribution >= 0.6 is 0 Å². The highest BCUT2D eigenvalue weighted by Gasteiger charge is 2.23. The van der Waals surface area contributed by atoms with E-state index in [2.05, 4.69) is 22.5 Å². The van der Waals surface area contributed by atoms with Crippen molar-refractivity contribution in [3.8, 4) is 0 Å². The molecule has 0 saturated carbocycles. The van der Waals surface area contributed by atoms with E-state index in [1.54, 1.807) is 0 Å². The molecule has 104 valence electrons. The van der Waals surface area contributed by atoms with Gasteiger partial charge in [-0.25, -0.2) is 0 Å². The van der Waals surface area contributed by atoms with E-state index in [4.69, 9.17) is 4.74 Å². The van der Waals surface area contributed by atoms with E-state index in [1.165, 1.54) is 0 Å². The quantitative estimate of drug-likeness (QED) is 0.699. The van der Waals surface area contributed by atoms with Crippen LogP contribution in [-0.2, 0) is 9.53 Å². The van der Waals surface area contributed by atoms with E-state index in [1.807, 2.05) is 0 Å². The summed E-state index contributed by atoms with van der Waals surface area (Å²) in [6.45, 7) is 7.14. The SMILES string of the molecule is CCN(CC(=O)NCC1CCCO1)C1CCNC1. The molecular weight excluding hydrogens is 230 g/mol. The van der Waals surface area contributed by atoms with Crippen molar-refractivity contribution in [1.82, 2.24) is 15.5 Å². The molecule has 5 heteroatoms. The van der Waals surface area contributed by atoms with Crippen LogP contribution in [0.3, 0.4) is 0 Å². The fourth-order valence-corrected chi connectivity index (χ4v) is 2.72. The minimum absolute atomic E-state index is 0.124. The van der Waals surface area contributed by atoms with Crippen molar-refractivity contribution < 1.29 is 9.53 Å². The first-order chi connectivity index (χ1) is 8.79. The second-order valence-electron chi connectivity index (χ2n) is 5.15. The van der Waals surface area contributed by atoms with E-state index in [0.29, 0.717) is 19.1 Å². The molecule has 0 aromatic heterocycles. The lowest BCUT2D eigenvalue weighted by Crippen LogP contribution is -2.45. The van der Waals surface area contributed by atoms with Crippen molar-refractivity contribution in [2.24, 2.45) is 0 Å². The Balaban J connectivity index is 1.67. The summed E-state index contributed by atoms with van der Waals surface area (Å²) in [5.74, 6) is 0.124. The van der Waals surface area contributed by atoms with Crippen LogP contribution in [0.2, 0.25) is 0 Å². The van der Waals surface area contributed by atoms with Gasteiger partial charge in [0, 0.05) is 25.7 Å². The monoisotopic (exact) mass is 255 g/mol. The number of nitrogens with one attached hydrogen (secondary N) is 2. The minimum atomic E-state index is 0.124. The zero-order valence-electron chi connectivity index (χ0n) is 11.3. The van der Waals surface area contributed by atoms with Gasteiger partial charge in [-0.2, -0.15) is 0 Å². The molecule has 2 aliphatic rings. The van der Waals surface area contributed by atoms with Crippen LogP contribution < -0.4 is 10.6 Å². The van der Waals surface area contributed by atoms with Crippen LogP contribution in [0.25, 0.3) is 0 Å². The second-order valence-corrected chi connectivity index (χ2v) is 5.15. The Hall–Kier alpha value is -0.650. The van der Waals surface area contributed by atoms with Crippen LogP contribution in [0.15, 0.2) is 0 Å². The molecule has 2 saturated heterocycles. The molecule has 2 rings (SSSR count). The lowest BCUT2D eigenvalue weighted by Gasteiger charge is -2.26. The molecule has 0 aromatic rings. The maximum atomic E-state index is 11.9. The van der Waals surface area contributed by atoms with Crippen LogP contribution in [0.5, 0.6) is 0 Å². The highest BCUT2D eigenvalue weighted by molar-refractivity contribution is 5.78. The summed E-state index contributed by atoms with van der Waals surface area (Å²) in [7, 11) is 0. The van der Waals surface area contributed by atoms with Crippen LogP contribution in [0.1, 0.15) is 26.2 Å². The summed E-state index contributed by atoms with van der Waals surface area (Å²) in [5, 5.41) is 6.33. The highest BCUT2D eigenvalue weighted by Crippen LogP contribution is 2.11. The van der Waals surface area contributed by atoms with Gasteiger partial charge in [-0.15, -0.1) is 0 Å². The lowest BCUT2D eigenvalue weighted by atomic mass is 10.2. The largest absolute Gasteiger partial charge is 0.376 e. The summed E-state index contributed by atoms with van der Waals surface area (Å²) in [6.07, 6.45) is 3.57. The van der Waals surface area contributed by atoms with Gasteiger partial charge in [0.1, 0.15) is 0 Å². The topological polar surface area (TPSA) is 53.6 Å². The molecule has 2 N–H and O–H groups in total. The molecule has 2 atom stereocenters. The Kier molecular flexibility index (Phi) is 5.41. The minimum Gasteiger partial charge on any atom is -0.376 e. The molecule has 0 spiro atoms. The molecular formula is C13H25N3O2. The van der Waals surface area contributed by atoms with Crippen molar-refractivity contribution in [1.29, 1.82) is 0 Å². The molecule has 0 bridgehead atoms. The summed E-state index contributed by atoms with van der Waals surface area (Å²) >= 11 is 0. The zero-order chi connectivity index (χ0) is 12.8. The molecule has 2 heterocycles. The summed E-state index contributed by atoms with van der Waals surface area (Å²) < 4.78 is 5.50. The summed E-state index contributed by atoms with van der Waals surface area (Å²) in [6, 6.07) is 0.517. The normalized spacial score (nSPS) is 27.9. The van der Waals surface area contributed by atoms with Crippen molar-refractivity contribution in [2.75, 3.05) is 39.3 Å². The van der Waals surface area contributed by atoms with Crippen LogP contribution in [0.4, 0.5) is 0 Å². The number of hydrogen-bond donors (Lipinski definition) is 2. The zero-order valence-corrected chi connectivity index (χ0v) is 11.3. The molecule has 18 heavy (non-hydrogen) atoms. The van der Waals surface area contributed by atoms with Crippen molar-refractivity contribution >= 4 is 5.91 Å². The van der Waals surface area contributed by atoms with Crippen molar-refractivity contribution in [3.05, 3.63) is 0 Å². The maximum absolute atomic E-state index is 11.9. The summed E-state index contributed by atoms with van der Waals surface area (Å²) in [5.41, 5.74) is 0. The number of rotatable bonds is 6. The Labute approximate surface area is 109 Å². The number of hydrogen-bond acceptors (Lipinski definition) is 4. The first-order valence-electron chi connectivity index (χ1n) is 7.12. The van der Waals surface area contributed by atoms with Gasteiger partial charge in [0.05, 0.1) is 12.6 Å². The van der Waals surface area contributed by atoms with Gasteiger partial charge < -0.3 is 15.4 Å². The number of ether oxygens (including phenoxy) is 1. The molecule has 0 aromatic carbocycles. The molecule has 0 aliphatic carbocycles. The average Bonchev–Trinajstić information content (AvgIpc) is 3.05. The maximum Gasteiger partial charge on any atom is 0.234 e. The molecule has 2 aliphatic heterocycles. The molecule has 5 nitrogen and oxygen atoms in total. The molecule has 2 fully saturated rings. The average molecular weight is 255 g/mol. The van der Waals surface area contributed by atoms with E-state index in [9.17, 15) is 4.79 Å². The van der Waals surface area contributed by atoms with Gasteiger partial charge >= 0.3 is 0 Å². The third-order valence-corrected chi connectivity index (χ3v) is 3.85. The second kappa shape index (κ2) is 7.07. The van der Waals surface area contributed by atoms with Gasteiger partial charge in [-0.1, -0.05) is 6.92 Å². The third-order valence-electron chi connectivity index (χ3n) is 3.85.